The maximum atomic E-state index is 13.1. The number of nitrogens with zero attached hydrogens (tertiary/aromatic N) is 2. The first-order valence-electron chi connectivity index (χ1n) is 10.1. The SMILES string of the molecule is CCc1ccc(NC(=O)Cn2cc(C(=O)c3ccncc3)c(=O)c3cc(Br)ccc32)cc1. The molecule has 1 N–H and O–H groups in total. The van der Waals surface area contributed by atoms with Gasteiger partial charge in [-0.05, 0) is 54.4 Å². The standard InChI is InChI=1S/C25H20BrN3O3/c1-2-16-3-6-19(7-4-16)28-23(30)15-29-14-21(24(31)17-9-11-27-12-10-17)25(32)20-13-18(26)5-8-22(20)29/h3-14H,2,15H2,1H3,(H,28,30). The van der Waals surface area contributed by atoms with Crippen molar-refractivity contribution in [1.82, 2.24) is 9.55 Å². The maximum absolute atomic E-state index is 13.1. The third kappa shape index (κ3) is 4.53. The molecular weight excluding hydrogens is 470 g/mol. The second-order valence-corrected chi connectivity index (χ2v) is 8.24. The first kappa shape index (κ1) is 21.6. The lowest BCUT2D eigenvalue weighted by Gasteiger charge is -2.14. The van der Waals surface area contributed by atoms with Crippen molar-refractivity contribution in [1.29, 1.82) is 0 Å². The summed E-state index contributed by atoms with van der Waals surface area (Å²) in [5.74, 6) is -0.673. The first-order chi connectivity index (χ1) is 15.5. The molecule has 6 nitrogen and oxygen atoms in total. The average molecular weight is 490 g/mol. The Kier molecular flexibility index (Phi) is 6.28. The van der Waals surface area contributed by atoms with Crippen LogP contribution in [0, 0.1) is 0 Å². The van der Waals surface area contributed by atoms with Crippen LogP contribution in [0.4, 0.5) is 5.69 Å². The van der Waals surface area contributed by atoms with Crippen molar-refractivity contribution >= 4 is 44.2 Å². The Labute approximate surface area is 193 Å². The molecule has 0 aliphatic rings. The number of aromatic nitrogens is 2. The molecule has 0 spiro atoms. The number of hydrogen-bond acceptors (Lipinski definition) is 4. The number of aryl methyl sites for hydroxylation is 1. The zero-order chi connectivity index (χ0) is 22.7. The van der Waals surface area contributed by atoms with Gasteiger partial charge in [-0.2, -0.15) is 0 Å². The van der Waals surface area contributed by atoms with Gasteiger partial charge in [0.1, 0.15) is 6.54 Å². The third-order valence-electron chi connectivity index (χ3n) is 5.19. The molecule has 4 rings (SSSR count). The summed E-state index contributed by atoms with van der Waals surface area (Å²) in [6.07, 6.45) is 5.38. The summed E-state index contributed by atoms with van der Waals surface area (Å²) in [5, 5.41) is 3.23. The molecule has 0 saturated heterocycles. The van der Waals surface area contributed by atoms with E-state index < -0.39 is 5.78 Å². The molecule has 0 saturated carbocycles. The fraction of sp³-hybridized carbons (Fsp3) is 0.120. The normalized spacial score (nSPS) is 10.8. The Morgan fingerprint density at radius 1 is 1.03 bits per heavy atom. The van der Waals surface area contributed by atoms with E-state index >= 15 is 0 Å². The monoisotopic (exact) mass is 489 g/mol. The lowest BCUT2D eigenvalue weighted by Crippen LogP contribution is -2.24. The van der Waals surface area contributed by atoms with Crippen molar-refractivity contribution in [2.24, 2.45) is 0 Å². The summed E-state index contributed by atoms with van der Waals surface area (Å²) < 4.78 is 2.34. The number of carbonyl (C=O) groups excluding carboxylic acids is 2. The van der Waals surface area contributed by atoms with Crippen LogP contribution in [-0.4, -0.2) is 21.2 Å². The molecule has 2 aromatic heterocycles. The van der Waals surface area contributed by atoms with Gasteiger partial charge in [0, 0.05) is 39.7 Å². The molecule has 0 fully saturated rings. The predicted octanol–water partition coefficient (Wildman–Crippen LogP) is 4.59. The molecule has 1 amide bonds. The Balaban J connectivity index is 1.72. The van der Waals surface area contributed by atoms with Gasteiger partial charge < -0.3 is 9.88 Å². The van der Waals surface area contributed by atoms with E-state index in [0.29, 0.717) is 26.6 Å². The number of fused-ring (bicyclic) bond motifs is 1. The number of benzene rings is 2. The van der Waals surface area contributed by atoms with Crippen molar-refractivity contribution in [2.45, 2.75) is 19.9 Å². The van der Waals surface area contributed by atoms with Gasteiger partial charge >= 0.3 is 0 Å². The van der Waals surface area contributed by atoms with Crippen LogP contribution >= 0.6 is 15.9 Å². The molecular formula is C25H20BrN3O3. The van der Waals surface area contributed by atoms with Gasteiger partial charge in [0.05, 0.1) is 11.1 Å². The smallest absolute Gasteiger partial charge is 0.244 e. The number of anilines is 1. The quantitative estimate of drug-likeness (QED) is 0.401. The molecule has 0 aliphatic heterocycles. The Morgan fingerprint density at radius 2 is 1.75 bits per heavy atom. The molecule has 160 valence electrons. The van der Waals surface area contributed by atoms with E-state index in [0.717, 1.165) is 6.42 Å². The number of halogens is 1. The summed E-state index contributed by atoms with van der Waals surface area (Å²) in [5.41, 5.74) is 2.42. The minimum Gasteiger partial charge on any atom is -0.337 e. The minimum absolute atomic E-state index is 0.00176. The van der Waals surface area contributed by atoms with Crippen molar-refractivity contribution in [3.8, 4) is 0 Å². The fourth-order valence-electron chi connectivity index (χ4n) is 3.50. The van der Waals surface area contributed by atoms with E-state index in [4.69, 9.17) is 0 Å². The van der Waals surface area contributed by atoms with Gasteiger partial charge in [0.15, 0.2) is 5.78 Å². The zero-order valence-corrected chi connectivity index (χ0v) is 18.9. The van der Waals surface area contributed by atoms with E-state index in [9.17, 15) is 14.4 Å². The molecule has 0 aliphatic carbocycles. The molecule has 7 heteroatoms. The molecule has 0 bridgehead atoms. The van der Waals surface area contributed by atoms with Gasteiger partial charge in [-0.15, -0.1) is 0 Å². The lowest BCUT2D eigenvalue weighted by atomic mass is 10.0. The highest BCUT2D eigenvalue weighted by Crippen LogP contribution is 2.20. The van der Waals surface area contributed by atoms with E-state index in [1.54, 1.807) is 34.9 Å². The van der Waals surface area contributed by atoms with Crippen LogP contribution in [-0.2, 0) is 17.8 Å². The summed E-state index contributed by atoms with van der Waals surface area (Å²) in [6, 6.07) is 16.0. The maximum Gasteiger partial charge on any atom is 0.244 e. The molecule has 4 aromatic rings. The molecule has 0 radical (unpaired) electrons. The third-order valence-corrected chi connectivity index (χ3v) is 5.68. The predicted molar refractivity (Wildman–Crippen MR) is 128 cm³/mol. The first-order valence-corrected chi connectivity index (χ1v) is 10.9. The van der Waals surface area contributed by atoms with Crippen LogP contribution < -0.4 is 10.7 Å². The Bertz CT molecular complexity index is 1360. The number of hydrogen-bond donors (Lipinski definition) is 1. The number of rotatable bonds is 6. The molecule has 2 heterocycles. The van der Waals surface area contributed by atoms with Crippen LogP contribution in [0.3, 0.4) is 0 Å². The van der Waals surface area contributed by atoms with Gasteiger partial charge in [-0.25, -0.2) is 0 Å². The molecule has 0 unspecified atom stereocenters. The van der Waals surface area contributed by atoms with E-state index in [2.05, 4.69) is 33.2 Å². The molecule has 0 atom stereocenters. The Morgan fingerprint density at radius 3 is 2.44 bits per heavy atom. The van der Waals surface area contributed by atoms with Crippen molar-refractivity contribution in [3.63, 3.8) is 0 Å². The van der Waals surface area contributed by atoms with Crippen LogP contribution in [0.15, 0.2) is 82.5 Å². The zero-order valence-electron chi connectivity index (χ0n) is 17.3. The number of pyridine rings is 2. The number of carbonyl (C=O) groups is 2. The van der Waals surface area contributed by atoms with Crippen LogP contribution in [0.25, 0.3) is 10.9 Å². The van der Waals surface area contributed by atoms with Gasteiger partial charge in [0.2, 0.25) is 11.3 Å². The highest BCUT2D eigenvalue weighted by Gasteiger charge is 2.18. The second-order valence-electron chi connectivity index (χ2n) is 7.32. The number of ketones is 1. The van der Waals surface area contributed by atoms with E-state index in [1.165, 1.54) is 24.2 Å². The van der Waals surface area contributed by atoms with Crippen LogP contribution in [0.2, 0.25) is 0 Å². The summed E-state index contributed by atoms with van der Waals surface area (Å²) in [7, 11) is 0. The molecule has 2 aromatic carbocycles. The summed E-state index contributed by atoms with van der Waals surface area (Å²) in [6.45, 7) is 2.02. The topological polar surface area (TPSA) is 81.1 Å². The van der Waals surface area contributed by atoms with Crippen LogP contribution in [0.1, 0.15) is 28.4 Å². The summed E-state index contributed by atoms with van der Waals surface area (Å²) >= 11 is 3.38. The number of nitrogens with one attached hydrogen (secondary N) is 1. The van der Waals surface area contributed by atoms with Gasteiger partial charge in [-0.3, -0.25) is 19.4 Å². The lowest BCUT2D eigenvalue weighted by molar-refractivity contribution is -0.116. The summed E-state index contributed by atoms with van der Waals surface area (Å²) in [4.78, 5) is 42.8. The van der Waals surface area contributed by atoms with Crippen molar-refractivity contribution < 1.29 is 9.59 Å². The molecule has 32 heavy (non-hydrogen) atoms. The van der Waals surface area contributed by atoms with Gasteiger partial charge in [0.25, 0.3) is 0 Å². The highest BCUT2D eigenvalue weighted by atomic mass is 79.9. The second kappa shape index (κ2) is 9.28. The average Bonchev–Trinajstić information content (AvgIpc) is 2.81. The fourth-order valence-corrected chi connectivity index (χ4v) is 3.86. The van der Waals surface area contributed by atoms with Gasteiger partial charge in [-0.1, -0.05) is 35.0 Å². The largest absolute Gasteiger partial charge is 0.337 e. The van der Waals surface area contributed by atoms with E-state index in [-0.39, 0.29) is 23.4 Å². The highest BCUT2D eigenvalue weighted by molar-refractivity contribution is 9.10. The number of amides is 1. The minimum atomic E-state index is -0.413. The van der Waals surface area contributed by atoms with E-state index in [1.807, 2.05) is 24.3 Å². The van der Waals surface area contributed by atoms with Crippen molar-refractivity contribution in [2.75, 3.05) is 5.32 Å². The van der Waals surface area contributed by atoms with Crippen molar-refractivity contribution in [3.05, 3.63) is 105 Å². The Hall–Kier alpha value is -3.58. The van der Waals surface area contributed by atoms with Crippen LogP contribution in [0.5, 0.6) is 0 Å².